The highest BCUT2D eigenvalue weighted by atomic mass is 19.4. The maximum Gasteiger partial charge on any atom is 0.417 e. The van der Waals surface area contributed by atoms with Crippen LogP contribution in [0.25, 0.3) is 10.8 Å². The fraction of sp³-hybridized carbons (Fsp3) is 0.258. The van der Waals surface area contributed by atoms with E-state index < -0.39 is 23.4 Å². The highest BCUT2D eigenvalue weighted by Gasteiger charge is 2.34. The molecule has 0 saturated heterocycles. The summed E-state index contributed by atoms with van der Waals surface area (Å²) in [5.41, 5.74) is 8.39. The number of carbonyl (C=O) groups is 2. The largest absolute Gasteiger partial charge is 0.417 e. The van der Waals surface area contributed by atoms with Crippen LogP contribution in [-0.2, 0) is 30.2 Å². The van der Waals surface area contributed by atoms with E-state index in [-0.39, 0.29) is 18.4 Å². The van der Waals surface area contributed by atoms with Gasteiger partial charge < -0.3 is 5.73 Å². The lowest BCUT2D eigenvalue weighted by atomic mass is 9.96. The Bertz CT molecular complexity index is 1430. The minimum atomic E-state index is -4.63. The van der Waals surface area contributed by atoms with E-state index in [4.69, 9.17) is 5.73 Å². The number of primary amides is 1. The monoisotopic (exact) mass is 520 g/mol. The van der Waals surface area contributed by atoms with Crippen molar-refractivity contribution in [3.8, 4) is 0 Å². The van der Waals surface area contributed by atoms with E-state index >= 15 is 0 Å². The lowest BCUT2D eigenvalue weighted by Crippen LogP contribution is -2.14. The number of nitrogens with zero attached hydrogens (tertiary/aromatic N) is 1. The molecule has 4 nitrogen and oxygen atoms in total. The van der Waals surface area contributed by atoms with Gasteiger partial charge >= 0.3 is 6.18 Å². The van der Waals surface area contributed by atoms with Crippen LogP contribution >= 0.6 is 0 Å². The van der Waals surface area contributed by atoms with Gasteiger partial charge in [-0.1, -0.05) is 79.6 Å². The molecule has 0 unspecified atom stereocenters. The van der Waals surface area contributed by atoms with E-state index in [1.54, 1.807) is 18.2 Å². The molecule has 38 heavy (non-hydrogen) atoms. The third kappa shape index (κ3) is 7.51. The molecule has 1 aromatic heterocycles. The molecule has 3 aromatic carbocycles. The normalized spacial score (nSPS) is 11.1. The molecular weight excluding hydrogens is 489 g/mol. The Hall–Kier alpha value is -4.00. The summed E-state index contributed by atoms with van der Waals surface area (Å²) < 4.78 is 40.0. The number of hydrogen-bond acceptors (Lipinski definition) is 3. The summed E-state index contributed by atoms with van der Waals surface area (Å²) in [5, 5.41) is 1.52. The molecule has 0 aliphatic rings. The first-order valence-corrected chi connectivity index (χ1v) is 12.4. The number of rotatable bonds is 7. The van der Waals surface area contributed by atoms with Gasteiger partial charge in [0.05, 0.1) is 17.7 Å². The maximum absolute atomic E-state index is 13.3. The summed E-state index contributed by atoms with van der Waals surface area (Å²) >= 11 is 0. The molecule has 0 atom stereocenters. The number of pyridine rings is 1. The molecule has 0 radical (unpaired) electrons. The van der Waals surface area contributed by atoms with Crippen molar-refractivity contribution in [1.29, 1.82) is 0 Å². The van der Waals surface area contributed by atoms with Crippen molar-refractivity contribution in [3.63, 3.8) is 0 Å². The molecule has 1 amide bonds. The van der Waals surface area contributed by atoms with Crippen molar-refractivity contribution in [2.45, 2.75) is 52.6 Å². The van der Waals surface area contributed by atoms with Gasteiger partial charge in [0.15, 0.2) is 5.78 Å². The van der Waals surface area contributed by atoms with Crippen molar-refractivity contribution in [2.75, 3.05) is 0 Å². The first-order chi connectivity index (χ1) is 18.0. The molecule has 0 fully saturated rings. The molecule has 0 aliphatic heterocycles. The molecule has 4 aromatic rings. The Morgan fingerprint density at radius 3 is 2.13 bits per heavy atom. The third-order valence-electron chi connectivity index (χ3n) is 6.12. The van der Waals surface area contributed by atoms with E-state index in [0.717, 1.165) is 23.8 Å². The van der Waals surface area contributed by atoms with Gasteiger partial charge in [-0.3, -0.25) is 14.6 Å². The van der Waals surface area contributed by atoms with Crippen LogP contribution in [-0.4, -0.2) is 16.7 Å². The second kappa shape index (κ2) is 12.5. The number of carbonyl (C=O) groups excluding carboxylic acids is 2. The van der Waals surface area contributed by atoms with Crippen LogP contribution in [0.4, 0.5) is 13.2 Å². The number of aryl methyl sites for hydroxylation is 2. The average Bonchev–Trinajstić information content (AvgIpc) is 2.86. The quantitative estimate of drug-likeness (QED) is 0.266. The molecule has 198 valence electrons. The standard InChI is InChI=1S/C21H17F3N2O2.C10H14/c1-12(27)15-7-6-13(8-18(15)21(22,23)24)9-19-17-5-3-2-4-16(17)14(11-26-19)10-20(25)28;1-3-4-10-7-5-9(2)6-8-10/h2-8,11H,9-10H2,1H3,(H2,25,28);5-8H,3-4H2,1-2H3. The minimum Gasteiger partial charge on any atom is -0.369 e. The summed E-state index contributed by atoms with van der Waals surface area (Å²) in [7, 11) is 0. The Balaban J connectivity index is 0.000000336. The third-order valence-corrected chi connectivity index (χ3v) is 6.12. The minimum absolute atomic E-state index is 0.0271. The Morgan fingerprint density at radius 1 is 0.921 bits per heavy atom. The van der Waals surface area contributed by atoms with Gasteiger partial charge in [-0.05, 0) is 48.4 Å². The zero-order valence-electron chi connectivity index (χ0n) is 21.7. The SMILES string of the molecule is CC(=O)c1ccc(Cc2ncc(CC(N)=O)c3ccccc23)cc1C(F)(F)F.CCCc1ccc(C)cc1. The number of aromatic nitrogens is 1. The Kier molecular flexibility index (Phi) is 9.40. The van der Waals surface area contributed by atoms with Crippen LogP contribution in [0, 0.1) is 6.92 Å². The van der Waals surface area contributed by atoms with E-state index in [0.29, 0.717) is 16.8 Å². The number of fused-ring (bicyclic) bond motifs is 1. The van der Waals surface area contributed by atoms with Gasteiger partial charge in [0.1, 0.15) is 0 Å². The average molecular weight is 521 g/mol. The van der Waals surface area contributed by atoms with Crippen LogP contribution in [0.3, 0.4) is 0 Å². The Labute approximate surface area is 220 Å². The zero-order valence-corrected chi connectivity index (χ0v) is 21.7. The maximum atomic E-state index is 13.3. The molecule has 4 rings (SSSR count). The second-order valence-electron chi connectivity index (χ2n) is 9.27. The number of alkyl halides is 3. The number of hydrogen-bond donors (Lipinski definition) is 1. The predicted molar refractivity (Wildman–Crippen MR) is 144 cm³/mol. The Morgan fingerprint density at radius 2 is 1.55 bits per heavy atom. The molecule has 7 heteroatoms. The van der Waals surface area contributed by atoms with Crippen LogP contribution in [0.2, 0.25) is 0 Å². The number of halogens is 3. The highest BCUT2D eigenvalue weighted by molar-refractivity contribution is 5.96. The van der Waals surface area contributed by atoms with Gasteiger partial charge in [-0.15, -0.1) is 0 Å². The molecular formula is C31H31F3N2O2. The fourth-order valence-corrected chi connectivity index (χ4v) is 4.26. The topological polar surface area (TPSA) is 73.1 Å². The van der Waals surface area contributed by atoms with Crippen molar-refractivity contribution < 1.29 is 22.8 Å². The van der Waals surface area contributed by atoms with Crippen LogP contribution in [0.5, 0.6) is 0 Å². The predicted octanol–water partition coefficient (Wildman–Crippen LogP) is 7.02. The smallest absolute Gasteiger partial charge is 0.369 e. The van der Waals surface area contributed by atoms with Crippen LogP contribution < -0.4 is 5.73 Å². The lowest BCUT2D eigenvalue weighted by molar-refractivity contribution is -0.138. The second-order valence-corrected chi connectivity index (χ2v) is 9.27. The van der Waals surface area contributed by atoms with Crippen LogP contribution in [0.15, 0.2) is 72.9 Å². The van der Waals surface area contributed by atoms with Gasteiger partial charge in [0.2, 0.25) is 5.91 Å². The highest BCUT2D eigenvalue weighted by Crippen LogP contribution is 2.34. The zero-order chi connectivity index (χ0) is 27.9. The van der Waals surface area contributed by atoms with Crippen molar-refractivity contribution >= 4 is 22.5 Å². The summed E-state index contributed by atoms with van der Waals surface area (Å²) in [6.45, 7) is 5.44. The summed E-state index contributed by atoms with van der Waals surface area (Å²) in [5.74, 6) is -1.13. The molecule has 1 heterocycles. The van der Waals surface area contributed by atoms with Gasteiger partial charge in [0.25, 0.3) is 0 Å². The van der Waals surface area contributed by atoms with E-state index in [1.807, 2.05) is 6.07 Å². The number of nitrogens with two attached hydrogens (primary N) is 1. The van der Waals surface area contributed by atoms with Crippen molar-refractivity contribution in [2.24, 2.45) is 5.73 Å². The van der Waals surface area contributed by atoms with Crippen molar-refractivity contribution in [1.82, 2.24) is 4.98 Å². The summed E-state index contributed by atoms with van der Waals surface area (Å²) in [4.78, 5) is 27.1. The van der Waals surface area contributed by atoms with Gasteiger partial charge in [-0.2, -0.15) is 13.2 Å². The first kappa shape index (κ1) is 28.6. The van der Waals surface area contributed by atoms with E-state index in [9.17, 15) is 22.8 Å². The lowest BCUT2D eigenvalue weighted by Gasteiger charge is -2.14. The molecule has 0 aliphatic carbocycles. The fourth-order valence-electron chi connectivity index (χ4n) is 4.26. The summed E-state index contributed by atoms with van der Waals surface area (Å²) in [6.07, 6.45) is -0.476. The van der Waals surface area contributed by atoms with Crippen molar-refractivity contribution in [3.05, 3.63) is 112 Å². The van der Waals surface area contributed by atoms with Crippen LogP contribution in [0.1, 0.15) is 64.1 Å². The molecule has 0 bridgehead atoms. The van der Waals surface area contributed by atoms with Gasteiger partial charge in [0, 0.05) is 23.6 Å². The summed E-state index contributed by atoms with van der Waals surface area (Å²) in [6, 6.07) is 19.7. The number of amides is 1. The first-order valence-electron chi connectivity index (χ1n) is 12.4. The number of benzene rings is 3. The van der Waals surface area contributed by atoms with Gasteiger partial charge in [-0.25, -0.2) is 0 Å². The van der Waals surface area contributed by atoms with E-state index in [2.05, 4.69) is 43.1 Å². The van der Waals surface area contributed by atoms with E-state index in [1.165, 1.54) is 42.3 Å². The molecule has 2 N–H and O–H groups in total. The number of Topliss-reactive ketones (excluding diaryl/α,β-unsaturated/α-hetero) is 1. The number of ketones is 1. The molecule has 0 saturated carbocycles. The molecule has 0 spiro atoms.